The molecule has 0 aliphatic carbocycles. The minimum Gasteiger partial charge on any atom is -0.506 e. The van der Waals surface area contributed by atoms with Gasteiger partial charge >= 0.3 is 29.6 Å². The van der Waals surface area contributed by atoms with E-state index in [4.69, 9.17) is 0 Å². The van der Waals surface area contributed by atoms with Crippen molar-refractivity contribution in [1.82, 2.24) is 0 Å². The Hall–Kier alpha value is -5.06. The van der Waals surface area contributed by atoms with E-state index >= 15 is 0 Å². The van der Waals surface area contributed by atoms with Crippen LogP contribution in [0, 0.1) is 0 Å². The van der Waals surface area contributed by atoms with Crippen LogP contribution in [-0.2, 0) is 20.2 Å². The second-order valence-corrected chi connectivity index (χ2v) is 13.8. The molecule has 12 nitrogen and oxygen atoms in total. The molecule has 0 radical (unpaired) electrons. The molecule has 0 spiro atoms. The van der Waals surface area contributed by atoms with Gasteiger partial charge in [-0.15, -0.1) is 0 Å². The number of benzene rings is 6. The second-order valence-electron chi connectivity index (χ2n) is 11.1. The van der Waals surface area contributed by atoms with E-state index in [-0.39, 0.29) is 74.7 Å². The maximum atomic E-state index is 13.0. The first-order chi connectivity index (χ1) is 23.7. The third-order valence-corrected chi connectivity index (χ3v) is 9.65. The Bertz CT molecular complexity index is 2440. The van der Waals surface area contributed by atoms with E-state index in [9.17, 15) is 45.7 Å². The number of hydrogen-bond donors (Lipinski definition) is 6. The van der Waals surface area contributed by atoms with Crippen LogP contribution < -0.4 is 40.2 Å². The molecular weight excluding hydrogens is 708 g/mol. The summed E-state index contributed by atoms with van der Waals surface area (Å²) in [6.07, 6.45) is 2.33. The number of rotatable bonds is 8. The molecule has 0 unspecified atom stereocenters. The fourth-order valence-corrected chi connectivity index (χ4v) is 6.82. The zero-order valence-corrected chi connectivity index (χ0v) is 30.2. The first-order valence-corrected chi connectivity index (χ1v) is 17.5. The Balaban J connectivity index is 0.00000504. The minimum atomic E-state index is -4.89. The molecule has 51 heavy (non-hydrogen) atoms. The molecule has 0 aliphatic rings. The molecule has 0 aliphatic heterocycles. The van der Waals surface area contributed by atoms with Gasteiger partial charge in [-0.3, -0.25) is 18.7 Å². The molecule has 0 saturated heterocycles. The van der Waals surface area contributed by atoms with Gasteiger partial charge in [0, 0.05) is 22.1 Å². The Morgan fingerprint density at radius 2 is 0.902 bits per heavy atom. The zero-order valence-electron chi connectivity index (χ0n) is 26.6. The SMILES string of the molecule is O=C(Nc1ccc(/C=C\c2ccc(NC(=O)c3ccc4ccccc4c3O)cc2S(=O)(=O)O)c(S(=O)(=O)O)c1)c1ccc2ccccc2c1O.[Na+]. The van der Waals surface area contributed by atoms with Gasteiger partial charge in [0.15, 0.2) is 0 Å². The van der Waals surface area contributed by atoms with Crippen LogP contribution in [0.3, 0.4) is 0 Å². The summed E-state index contributed by atoms with van der Waals surface area (Å²) in [7, 11) is -9.78. The van der Waals surface area contributed by atoms with Gasteiger partial charge in [-0.05, 0) is 58.3 Å². The van der Waals surface area contributed by atoms with E-state index in [0.717, 1.165) is 12.1 Å². The first-order valence-electron chi connectivity index (χ1n) is 14.7. The zero-order chi connectivity index (χ0) is 35.8. The molecule has 6 N–H and O–H groups in total. The van der Waals surface area contributed by atoms with E-state index in [1.54, 1.807) is 60.7 Å². The maximum absolute atomic E-state index is 13.0. The van der Waals surface area contributed by atoms with Crippen molar-refractivity contribution >= 4 is 77.1 Å². The van der Waals surface area contributed by atoms with Gasteiger partial charge < -0.3 is 20.8 Å². The topological polar surface area (TPSA) is 207 Å². The third kappa shape index (κ3) is 7.97. The molecular formula is C36H26N2NaO10S2+. The van der Waals surface area contributed by atoms with Crippen molar-refractivity contribution in [1.29, 1.82) is 0 Å². The number of carbonyl (C=O) groups is 2. The molecule has 0 bridgehead atoms. The molecule has 0 heterocycles. The molecule has 0 saturated carbocycles. The van der Waals surface area contributed by atoms with E-state index in [0.29, 0.717) is 21.5 Å². The van der Waals surface area contributed by atoms with Crippen LogP contribution in [-0.4, -0.2) is 48.0 Å². The first kappa shape index (κ1) is 37.2. The fraction of sp³-hybridized carbons (Fsp3) is 0. The monoisotopic (exact) mass is 733 g/mol. The van der Waals surface area contributed by atoms with Gasteiger partial charge in [0.1, 0.15) is 21.3 Å². The average molecular weight is 734 g/mol. The van der Waals surface area contributed by atoms with E-state index < -0.39 is 41.8 Å². The maximum Gasteiger partial charge on any atom is 1.00 e. The van der Waals surface area contributed by atoms with Crippen molar-refractivity contribution in [3.63, 3.8) is 0 Å². The molecule has 0 atom stereocenters. The Kier molecular flexibility index (Phi) is 10.7. The summed E-state index contributed by atoms with van der Waals surface area (Å²) in [5.41, 5.74) is -0.443. The van der Waals surface area contributed by atoms with Crippen LogP contribution >= 0.6 is 0 Å². The number of phenols is 2. The van der Waals surface area contributed by atoms with Crippen molar-refractivity contribution in [3.8, 4) is 11.5 Å². The smallest absolute Gasteiger partial charge is 0.506 e. The predicted molar refractivity (Wildman–Crippen MR) is 189 cm³/mol. The van der Waals surface area contributed by atoms with Crippen molar-refractivity contribution in [2.24, 2.45) is 0 Å². The number of nitrogens with one attached hydrogen (secondary N) is 2. The van der Waals surface area contributed by atoms with Crippen LogP contribution in [0.5, 0.6) is 11.5 Å². The summed E-state index contributed by atoms with van der Waals surface area (Å²) in [4.78, 5) is 24.7. The van der Waals surface area contributed by atoms with Gasteiger partial charge in [-0.2, -0.15) is 16.8 Å². The Morgan fingerprint density at radius 3 is 1.27 bits per heavy atom. The van der Waals surface area contributed by atoms with Crippen molar-refractivity contribution in [3.05, 3.63) is 131 Å². The summed E-state index contributed by atoms with van der Waals surface area (Å²) >= 11 is 0. The molecule has 0 aromatic heterocycles. The molecule has 0 fully saturated rings. The number of carbonyl (C=O) groups excluding carboxylic acids is 2. The standard InChI is InChI=1S/C36H26N2O10S2.Na/c39-33-27-7-3-1-5-21(27)13-17-29(33)35(41)37-25-15-11-23(31(19-25)49(43,44)45)9-10-24-12-16-26(20-32(24)50(46,47)48)38-36(42)30-18-14-22-6-2-4-8-28(22)34(30)40;/h1-20,39-40H,(H,37,41)(H,38,42)(H,43,44,45)(H,46,47,48);/q;+1/b10-9-;. The number of aromatic hydroxyl groups is 2. The van der Waals surface area contributed by atoms with Crippen LogP contribution in [0.15, 0.2) is 119 Å². The number of hydrogen-bond acceptors (Lipinski definition) is 8. The van der Waals surface area contributed by atoms with Gasteiger partial charge in [0.05, 0.1) is 11.1 Å². The van der Waals surface area contributed by atoms with Gasteiger partial charge in [-0.1, -0.05) is 84.9 Å². The summed E-state index contributed by atoms with van der Waals surface area (Å²) in [5, 5.41) is 28.5. The number of amides is 2. The van der Waals surface area contributed by atoms with Gasteiger partial charge in [0.25, 0.3) is 32.1 Å². The molecule has 6 aromatic rings. The Morgan fingerprint density at radius 1 is 0.529 bits per heavy atom. The predicted octanol–water partition coefficient (Wildman–Crippen LogP) is 3.58. The molecule has 2 amide bonds. The Labute approximate surface area is 313 Å². The largest absolute Gasteiger partial charge is 1.00 e. The van der Waals surface area contributed by atoms with Crippen molar-refractivity contribution in [2.45, 2.75) is 9.79 Å². The summed E-state index contributed by atoms with van der Waals surface area (Å²) in [5.74, 6) is -2.05. The minimum absolute atomic E-state index is 0. The normalized spacial score (nSPS) is 11.7. The number of fused-ring (bicyclic) bond motifs is 2. The molecule has 15 heteroatoms. The van der Waals surface area contributed by atoms with Crippen LogP contribution in [0.25, 0.3) is 33.7 Å². The average Bonchev–Trinajstić information content (AvgIpc) is 3.07. The van der Waals surface area contributed by atoms with E-state index in [1.807, 2.05) is 0 Å². The van der Waals surface area contributed by atoms with Crippen LogP contribution in [0.1, 0.15) is 31.8 Å². The van der Waals surface area contributed by atoms with Crippen LogP contribution in [0.4, 0.5) is 11.4 Å². The summed E-state index contributed by atoms with van der Waals surface area (Å²) in [6, 6.07) is 26.9. The summed E-state index contributed by atoms with van der Waals surface area (Å²) in [6.45, 7) is 0. The summed E-state index contributed by atoms with van der Waals surface area (Å²) < 4.78 is 69.3. The molecule has 6 aromatic carbocycles. The van der Waals surface area contributed by atoms with Crippen LogP contribution in [0.2, 0.25) is 0 Å². The number of anilines is 2. The van der Waals surface area contributed by atoms with Crippen molar-refractivity contribution in [2.75, 3.05) is 10.6 Å². The van der Waals surface area contributed by atoms with Gasteiger partial charge in [0.2, 0.25) is 0 Å². The molecule has 252 valence electrons. The van der Waals surface area contributed by atoms with E-state index in [2.05, 4.69) is 10.6 Å². The van der Waals surface area contributed by atoms with Gasteiger partial charge in [-0.25, -0.2) is 0 Å². The van der Waals surface area contributed by atoms with Crippen molar-refractivity contribution < 1.29 is 75.3 Å². The fourth-order valence-electron chi connectivity index (χ4n) is 5.40. The van der Waals surface area contributed by atoms with E-state index in [1.165, 1.54) is 48.6 Å². The second kappa shape index (κ2) is 14.7. The molecule has 6 rings (SSSR count). The quantitative estimate of drug-likeness (QED) is 0.0762. The number of phenolic OH excluding ortho intramolecular Hbond substituents is 2. The third-order valence-electron chi connectivity index (χ3n) is 7.83.